The fourth-order valence-electron chi connectivity index (χ4n) is 1.79. The Balaban J connectivity index is 2.68. The monoisotopic (exact) mass is 339 g/mol. The van der Waals surface area contributed by atoms with Gasteiger partial charge in [0.25, 0.3) is 0 Å². The molecule has 0 spiro atoms. The van der Waals surface area contributed by atoms with Gasteiger partial charge in [0.1, 0.15) is 0 Å². The molecule has 0 aromatic heterocycles. The molecule has 0 radical (unpaired) electrons. The summed E-state index contributed by atoms with van der Waals surface area (Å²) in [5.74, 6) is -0.195. The van der Waals surface area contributed by atoms with Crippen LogP contribution in [0.4, 0.5) is 0 Å². The highest BCUT2D eigenvalue weighted by Gasteiger charge is 2.09. The molecule has 0 aliphatic heterocycles. The number of halogens is 1. The van der Waals surface area contributed by atoms with E-state index in [1.165, 1.54) is 0 Å². The number of rotatable bonds is 8. The average Bonchev–Trinajstić information content (AvgIpc) is 2.42. The molecule has 0 saturated heterocycles. The number of unbranched alkanes of at least 4 members (excludes halogenated alkanes) is 1. The van der Waals surface area contributed by atoms with Crippen LogP contribution in [0.2, 0.25) is 0 Å². The molecule has 4 heteroatoms. The SMILES string of the molecule is CCCCN=C(CC(=O)OCC)Cc1ccc(Br)cc1. The van der Waals surface area contributed by atoms with E-state index in [9.17, 15) is 4.79 Å². The predicted molar refractivity (Wildman–Crippen MR) is 86.3 cm³/mol. The smallest absolute Gasteiger partial charge is 0.311 e. The lowest BCUT2D eigenvalue weighted by molar-refractivity contribution is -0.141. The highest BCUT2D eigenvalue weighted by atomic mass is 79.9. The Bertz CT molecular complexity index is 440. The van der Waals surface area contributed by atoms with Crippen molar-refractivity contribution in [3.8, 4) is 0 Å². The minimum absolute atomic E-state index is 0.195. The van der Waals surface area contributed by atoms with E-state index in [2.05, 4.69) is 27.8 Å². The van der Waals surface area contributed by atoms with Crippen LogP contribution in [0.1, 0.15) is 38.7 Å². The zero-order valence-electron chi connectivity index (χ0n) is 12.2. The first-order valence-corrected chi connectivity index (χ1v) is 7.87. The molecule has 1 aromatic rings. The minimum Gasteiger partial charge on any atom is -0.466 e. The lowest BCUT2D eigenvalue weighted by atomic mass is 10.1. The molecule has 0 unspecified atom stereocenters. The van der Waals surface area contributed by atoms with E-state index in [-0.39, 0.29) is 12.4 Å². The van der Waals surface area contributed by atoms with Gasteiger partial charge in [0, 0.05) is 23.1 Å². The third kappa shape index (κ3) is 6.85. The van der Waals surface area contributed by atoms with Gasteiger partial charge in [0.05, 0.1) is 13.0 Å². The molecule has 20 heavy (non-hydrogen) atoms. The van der Waals surface area contributed by atoms with Crippen molar-refractivity contribution < 1.29 is 9.53 Å². The van der Waals surface area contributed by atoms with Crippen molar-refractivity contribution in [1.82, 2.24) is 0 Å². The fraction of sp³-hybridized carbons (Fsp3) is 0.500. The zero-order chi connectivity index (χ0) is 14.8. The normalized spacial score (nSPS) is 11.4. The third-order valence-corrected chi connectivity index (χ3v) is 3.35. The Kier molecular flexibility index (Phi) is 8.19. The number of aliphatic imine (C=N–C) groups is 1. The minimum atomic E-state index is -0.195. The highest BCUT2D eigenvalue weighted by Crippen LogP contribution is 2.12. The van der Waals surface area contributed by atoms with Gasteiger partial charge in [-0.1, -0.05) is 41.4 Å². The van der Waals surface area contributed by atoms with Gasteiger partial charge in [-0.25, -0.2) is 0 Å². The first-order chi connectivity index (χ1) is 9.65. The number of nitrogens with zero attached hydrogens (tertiary/aromatic N) is 1. The van der Waals surface area contributed by atoms with Crippen molar-refractivity contribution in [3.63, 3.8) is 0 Å². The molecular weight excluding hydrogens is 318 g/mol. The number of carbonyl (C=O) groups excluding carboxylic acids is 1. The van der Waals surface area contributed by atoms with E-state index in [0.717, 1.165) is 35.1 Å². The second-order valence-electron chi connectivity index (χ2n) is 4.59. The third-order valence-electron chi connectivity index (χ3n) is 2.82. The summed E-state index contributed by atoms with van der Waals surface area (Å²) >= 11 is 3.42. The number of esters is 1. The van der Waals surface area contributed by atoms with E-state index >= 15 is 0 Å². The van der Waals surface area contributed by atoms with Gasteiger partial charge in [-0.05, 0) is 31.0 Å². The molecule has 110 valence electrons. The molecule has 0 saturated carbocycles. The maximum Gasteiger partial charge on any atom is 0.311 e. The van der Waals surface area contributed by atoms with E-state index in [1.807, 2.05) is 31.2 Å². The highest BCUT2D eigenvalue weighted by molar-refractivity contribution is 9.10. The second-order valence-corrected chi connectivity index (χ2v) is 5.50. The first kappa shape index (κ1) is 16.9. The number of carbonyl (C=O) groups is 1. The lowest BCUT2D eigenvalue weighted by Gasteiger charge is -2.07. The zero-order valence-corrected chi connectivity index (χ0v) is 13.8. The Labute approximate surface area is 129 Å². The quantitative estimate of drug-likeness (QED) is 0.404. The maximum absolute atomic E-state index is 11.6. The van der Waals surface area contributed by atoms with Gasteiger partial charge in [0.2, 0.25) is 0 Å². The van der Waals surface area contributed by atoms with Crippen molar-refractivity contribution in [2.45, 2.75) is 39.5 Å². The van der Waals surface area contributed by atoms with Crippen LogP contribution >= 0.6 is 15.9 Å². The van der Waals surface area contributed by atoms with Gasteiger partial charge in [-0.15, -0.1) is 0 Å². The molecule has 0 amide bonds. The van der Waals surface area contributed by atoms with Crippen LogP contribution in [0.25, 0.3) is 0 Å². The molecule has 3 nitrogen and oxygen atoms in total. The van der Waals surface area contributed by atoms with Crippen LogP contribution in [0.3, 0.4) is 0 Å². The molecule has 0 heterocycles. The summed E-state index contributed by atoms with van der Waals surface area (Å²) in [4.78, 5) is 16.2. The lowest BCUT2D eigenvalue weighted by Crippen LogP contribution is -2.14. The summed E-state index contributed by atoms with van der Waals surface area (Å²) in [5.41, 5.74) is 2.06. The van der Waals surface area contributed by atoms with E-state index in [0.29, 0.717) is 13.0 Å². The Hall–Kier alpha value is -1.16. The summed E-state index contributed by atoms with van der Waals surface area (Å²) in [6.07, 6.45) is 3.14. The van der Waals surface area contributed by atoms with Gasteiger partial charge in [0.15, 0.2) is 0 Å². The van der Waals surface area contributed by atoms with Crippen molar-refractivity contribution in [1.29, 1.82) is 0 Å². The molecule has 0 N–H and O–H groups in total. The molecule has 0 aliphatic rings. The van der Waals surface area contributed by atoms with E-state index in [4.69, 9.17) is 4.74 Å². The Morgan fingerprint density at radius 3 is 2.55 bits per heavy atom. The van der Waals surface area contributed by atoms with Crippen LogP contribution < -0.4 is 0 Å². The number of ether oxygens (including phenoxy) is 1. The Morgan fingerprint density at radius 2 is 1.95 bits per heavy atom. The average molecular weight is 340 g/mol. The molecule has 0 bridgehead atoms. The standard InChI is InChI=1S/C16H22BrNO2/c1-3-5-10-18-15(12-16(19)20-4-2)11-13-6-8-14(17)9-7-13/h6-9H,3-5,10-12H2,1-2H3. The van der Waals surface area contributed by atoms with Crippen LogP contribution in [0.15, 0.2) is 33.7 Å². The van der Waals surface area contributed by atoms with E-state index in [1.54, 1.807) is 0 Å². The number of hydrogen-bond donors (Lipinski definition) is 0. The van der Waals surface area contributed by atoms with E-state index < -0.39 is 0 Å². The number of benzene rings is 1. The number of hydrogen-bond acceptors (Lipinski definition) is 3. The van der Waals surface area contributed by atoms with Crippen molar-refractivity contribution >= 4 is 27.6 Å². The largest absolute Gasteiger partial charge is 0.466 e. The van der Waals surface area contributed by atoms with Crippen LogP contribution in [0, 0.1) is 0 Å². The second kappa shape index (κ2) is 9.70. The molecule has 0 fully saturated rings. The van der Waals surface area contributed by atoms with Gasteiger partial charge in [-0.3, -0.25) is 9.79 Å². The molecular formula is C16H22BrNO2. The van der Waals surface area contributed by atoms with Gasteiger partial charge < -0.3 is 4.74 Å². The van der Waals surface area contributed by atoms with Gasteiger partial charge >= 0.3 is 5.97 Å². The predicted octanol–water partition coefficient (Wildman–Crippen LogP) is 4.19. The molecule has 1 aromatic carbocycles. The summed E-state index contributed by atoms with van der Waals surface area (Å²) in [6.45, 7) is 5.15. The van der Waals surface area contributed by atoms with Crippen LogP contribution in [-0.4, -0.2) is 24.8 Å². The summed E-state index contributed by atoms with van der Waals surface area (Å²) in [7, 11) is 0. The Morgan fingerprint density at radius 1 is 1.25 bits per heavy atom. The topological polar surface area (TPSA) is 38.7 Å². The first-order valence-electron chi connectivity index (χ1n) is 7.08. The van der Waals surface area contributed by atoms with Crippen molar-refractivity contribution in [2.75, 3.05) is 13.2 Å². The van der Waals surface area contributed by atoms with Crippen LogP contribution in [0.5, 0.6) is 0 Å². The summed E-state index contributed by atoms with van der Waals surface area (Å²) in [6, 6.07) is 8.10. The van der Waals surface area contributed by atoms with Crippen molar-refractivity contribution in [2.24, 2.45) is 4.99 Å². The fourth-order valence-corrected chi connectivity index (χ4v) is 2.05. The summed E-state index contributed by atoms with van der Waals surface area (Å²) in [5, 5.41) is 0. The van der Waals surface area contributed by atoms with Gasteiger partial charge in [-0.2, -0.15) is 0 Å². The maximum atomic E-state index is 11.6. The van der Waals surface area contributed by atoms with Crippen molar-refractivity contribution in [3.05, 3.63) is 34.3 Å². The van der Waals surface area contributed by atoms with Crippen LogP contribution in [-0.2, 0) is 16.0 Å². The molecule has 0 atom stereocenters. The molecule has 0 aliphatic carbocycles. The summed E-state index contributed by atoms with van der Waals surface area (Å²) < 4.78 is 6.06. The molecule has 1 rings (SSSR count).